The quantitative estimate of drug-likeness (QED) is 0.704. The summed E-state index contributed by atoms with van der Waals surface area (Å²) in [5.41, 5.74) is 0.926. The third-order valence-corrected chi connectivity index (χ3v) is 4.63. The van der Waals surface area contributed by atoms with E-state index in [0.717, 1.165) is 25.3 Å². The molecule has 26 heavy (non-hydrogen) atoms. The molecule has 0 spiro atoms. The predicted molar refractivity (Wildman–Crippen MR) is 95.3 cm³/mol. The van der Waals surface area contributed by atoms with Crippen molar-refractivity contribution in [1.29, 1.82) is 0 Å². The first-order valence-corrected chi connectivity index (χ1v) is 8.61. The molecule has 1 aliphatic rings. The van der Waals surface area contributed by atoms with Crippen LogP contribution in [0.25, 0.3) is 17.0 Å². The molecule has 0 atom stereocenters. The van der Waals surface area contributed by atoms with Crippen LogP contribution < -0.4 is 4.90 Å². The third kappa shape index (κ3) is 2.98. The molecule has 8 heteroatoms. The fraction of sp³-hybridized carbons (Fsp3) is 0.333. The van der Waals surface area contributed by atoms with Crippen LogP contribution in [0.5, 0.6) is 0 Å². The molecule has 1 amide bonds. The standard InChI is InChI=1S/C18H19FN6O/c1-13(26)23-9-4-10-24(12-11-23)17-8-7-16-20-21-18(25(16)22-17)14-5-2-3-6-15(14)19/h2-3,5-8H,4,9-12H2,1H3. The lowest BCUT2D eigenvalue weighted by atomic mass is 10.2. The summed E-state index contributed by atoms with van der Waals surface area (Å²) in [7, 11) is 0. The molecule has 3 aromatic rings. The van der Waals surface area contributed by atoms with Gasteiger partial charge in [-0.3, -0.25) is 4.79 Å². The molecule has 2 aromatic heterocycles. The van der Waals surface area contributed by atoms with E-state index < -0.39 is 0 Å². The number of hydrogen-bond acceptors (Lipinski definition) is 5. The summed E-state index contributed by atoms with van der Waals surface area (Å²) in [6.45, 7) is 4.52. The number of aromatic nitrogens is 4. The van der Waals surface area contributed by atoms with Gasteiger partial charge in [-0.15, -0.1) is 15.3 Å². The van der Waals surface area contributed by atoms with Crippen LogP contribution in [0.3, 0.4) is 0 Å². The molecule has 1 saturated heterocycles. The number of rotatable bonds is 2. The van der Waals surface area contributed by atoms with E-state index in [1.807, 2.05) is 17.0 Å². The topological polar surface area (TPSA) is 66.6 Å². The smallest absolute Gasteiger partial charge is 0.219 e. The average Bonchev–Trinajstić information content (AvgIpc) is 2.89. The second kappa shape index (κ2) is 6.70. The number of benzene rings is 1. The number of carbonyl (C=O) groups excluding carboxylic acids is 1. The summed E-state index contributed by atoms with van der Waals surface area (Å²) in [6.07, 6.45) is 0.877. The minimum atomic E-state index is -0.360. The van der Waals surface area contributed by atoms with E-state index in [4.69, 9.17) is 0 Å². The zero-order chi connectivity index (χ0) is 18.1. The maximum absolute atomic E-state index is 14.2. The predicted octanol–water partition coefficient (Wildman–Crippen LogP) is 1.99. The molecule has 1 aromatic carbocycles. The SMILES string of the molecule is CC(=O)N1CCCN(c2ccc3nnc(-c4ccccc4F)n3n2)CC1. The molecule has 4 rings (SSSR count). The molecule has 0 unspecified atom stereocenters. The molecule has 134 valence electrons. The van der Waals surface area contributed by atoms with Gasteiger partial charge in [-0.1, -0.05) is 12.1 Å². The van der Waals surface area contributed by atoms with Crippen LogP contribution in [0.1, 0.15) is 13.3 Å². The van der Waals surface area contributed by atoms with E-state index in [1.54, 1.807) is 29.6 Å². The second-order valence-corrected chi connectivity index (χ2v) is 6.31. The molecule has 0 radical (unpaired) electrons. The summed E-state index contributed by atoms with van der Waals surface area (Å²) < 4.78 is 15.7. The van der Waals surface area contributed by atoms with Gasteiger partial charge in [0.15, 0.2) is 11.5 Å². The third-order valence-electron chi connectivity index (χ3n) is 4.63. The molecule has 0 saturated carbocycles. The molecule has 3 heterocycles. The zero-order valence-electron chi connectivity index (χ0n) is 14.5. The molecule has 1 fully saturated rings. The first-order chi connectivity index (χ1) is 12.6. The van der Waals surface area contributed by atoms with Gasteiger partial charge in [0, 0.05) is 33.1 Å². The fourth-order valence-corrected chi connectivity index (χ4v) is 3.22. The van der Waals surface area contributed by atoms with Crippen molar-refractivity contribution in [3.63, 3.8) is 0 Å². The van der Waals surface area contributed by atoms with Crippen LogP contribution >= 0.6 is 0 Å². The number of amides is 1. The van der Waals surface area contributed by atoms with Crippen molar-refractivity contribution in [2.24, 2.45) is 0 Å². The Balaban J connectivity index is 1.68. The van der Waals surface area contributed by atoms with Crippen molar-refractivity contribution in [2.45, 2.75) is 13.3 Å². The lowest BCUT2D eigenvalue weighted by Crippen LogP contribution is -2.34. The highest BCUT2D eigenvalue weighted by Crippen LogP contribution is 2.22. The first-order valence-electron chi connectivity index (χ1n) is 8.61. The lowest BCUT2D eigenvalue weighted by molar-refractivity contribution is -0.128. The van der Waals surface area contributed by atoms with Crippen LogP contribution in [-0.4, -0.2) is 56.8 Å². The van der Waals surface area contributed by atoms with E-state index >= 15 is 0 Å². The van der Waals surface area contributed by atoms with E-state index in [9.17, 15) is 9.18 Å². The van der Waals surface area contributed by atoms with Gasteiger partial charge < -0.3 is 9.80 Å². The largest absolute Gasteiger partial charge is 0.353 e. The molecule has 1 aliphatic heterocycles. The van der Waals surface area contributed by atoms with Crippen LogP contribution in [-0.2, 0) is 4.79 Å². The Bertz CT molecular complexity index is 956. The van der Waals surface area contributed by atoms with Crippen molar-refractivity contribution in [3.05, 3.63) is 42.2 Å². The lowest BCUT2D eigenvalue weighted by Gasteiger charge is -2.22. The zero-order valence-corrected chi connectivity index (χ0v) is 14.5. The molecule has 0 aliphatic carbocycles. The molecular weight excluding hydrogens is 335 g/mol. The van der Waals surface area contributed by atoms with E-state index in [0.29, 0.717) is 30.1 Å². The minimum absolute atomic E-state index is 0.0934. The summed E-state index contributed by atoms with van der Waals surface area (Å²) in [5.74, 6) is 0.872. The summed E-state index contributed by atoms with van der Waals surface area (Å²) in [4.78, 5) is 15.6. The van der Waals surface area contributed by atoms with Crippen LogP contribution in [0.2, 0.25) is 0 Å². The van der Waals surface area contributed by atoms with Gasteiger partial charge >= 0.3 is 0 Å². The number of fused-ring (bicyclic) bond motifs is 1. The van der Waals surface area contributed by atoms with Gasteiger partial charge in [-0.2, -0.15) is 4.52 Å². The Labute approximate surface area is 150 Å². The Hall–Kier alpha value is -3.03. The van der Waals surface area contributed by atoms with Gasteiger partial charge in [0.1, 0.15) is 11.6 Å². The summed E-state index contributed by atoms with van der Waals surface area (Å²) in [5, 5.41) is 12.8. The summed E-state index contributed by atoms with van der Waals surface area (Å²) in [6, 6.07) is 10.2. The van der Waals surface area contributed by atoms with Crippen molar-refractivity contribution in [3.8, 4) is 11.4 Å². The fourth-order valence-electron chi connectivity index (χ4n) is 3.22. The number of halogens is 1. The molecule has 0 bridgehead atoms. The molecule has 7 nitrogen and oxygen atoms in total. The normalized spacial score (nSPS) is 15.3. The Kier molecular flexibility index (Phi) is 4.24. The summed E-state index contributed by atoms with van der Waals surface area (Å²) >= 11 is 0. The van der Waals surface area contributed by atoms with Gasteiger partial charge in [-0.05, 0) is 30.7 Å². The first kappa shape index (κ1) is 16.4. The van der Waals surface area contributed by atoms with Crippen molar-refractivity contribution < 1.29 is 9.18 Å². The highest BCUT2D eigenvalue weighted by molar-refractivity contribution is 5.73. The monoisotopic (exact) mass is 354 g/mol. The van der Waals surface area contributed by atoms with E-state index in [1.165, 1.54) is 6.07 Å². The van der Waals surface area contributed by atoms with Gasteiger partial charge in [-0.25, -0.2) is 4.39 Å². The number of hydrogen-bond donors (Lipinski definition) is 0. The van der Waals surface area contributed by atoms with Gasteiger partial charge in [0.05, 0.1) is 5.56 Å². The Morgan fingerprint density at radius 3 is 2.69 bits per heavy atom. The van der Waals surface area contributed by atoms with Gasteiger partial charge in [0.2, 0.25) is 5.91 Å². The highest BCUT2D eigenvalue weighted by atomic mass is 19.1. The Morgan fingerprint density at radius 1 is 1.04 bits per heavy atom. The minimum Gasteiger partial charge on any atom is -0.353 e. The van der Waals surface area contributed by atoms with Crippen molar-refractivity contribution in [2.75, 3.05) is 31.1 Å². The van der Waals surface area contributed by atoms with E-state index in [2.05, 4.69) is 20.2 Å². The van der Waals surface area contributed by atoms with Gasteiger partial charge in [0.25, 0.3) is 0 Å². The van der Waals surface area contributed by atoms with Crippen LogP contribution in [0, 0.1) is 5.82 Å². The van der Waals surface area contributed by atoms with E-state index in [-0.39, 0.29) is 11.7 Å². The number of nitrogens with zero attached hydrogens (tertiary/aromatic N) is 6. The van der Waals surface area contributed by atoms with Crippen LogP contribution in [0.4, 0.5) is 10.2 Å². The van der Waals surface area contributed by atoms with Crippen molar-refractivity contribution >= 4 is 17.4 Å². The maximum Gasteiger partial charge on any atom is 0.219 e. The molecule has 0 N–H and O–H groups in total. The molecular formula is C18H19FN6O. The van der Waals surface area contributed by atoms with Crippen LogP contribution in [0.15, 0.2) is 36.4 Å². The Morgan fingerprint density at radius 2 is 1.88 bits per heavy atom. The average molecular weight is 354 g/mol. The number of anilines is 1. The second-order valence-electron chi connectivity index (χ2n) is 6.31. The number of carbonyl (C=O) groups is 1. The maximum atomic E-state index is 14.2. The van der Waals surface area contributed by atoms with Crippen molar-refractivity contribution in [1.82, 2.24) is 24.7 Å². The highest BCUT2D eigenvalue weighted by Gasteiger charge is 2.19.